The Morgan fingerprint density at radius 1 is 1.13 bits per heavy atom. The Bertz CT molecular complexity index is 871. The molecule has 2 aromatic carbocycles. The second kappa shape index (κ2) is 11.5. The maximum Gasteiger partial charge on any atom is 0.387 e. The third-order valence-corrected chi connectivity index (χ3v) is 5.44. The van der Waals surface area contributed by atoms with Crippen LogP contribution < -0.4 is 15.4 Å². The van der Waals surface area contributed by atoms with Crippen LogP contribution in [0.5, 0.6) is 5.75 Å². The van der Waals surface area contributed by atoms with Gasteiger partial charge in [-0.2, -0.15) is 8.78 Å². The molecule has 0 aliphatic carbocycles. The standard InChI is InChI=1S/C21H23Cl2F2N3O3/c22-18-6-3-15(9-19(18)23)12-28-7-8-30-17(13-28)11-27-21(29)26-10-14-1-4-16(5-2-14)31-20(24)25/h1-6,9,17,20H,7-8,10-13H2,(H2,26,27,29). The molecular weight excluding hydrogens is 451 g/mol. The summed E-state index contributed by atoms with van der Waals surface area (Å²) in [5.74, 6) is 0.0723. The molecule has 1 aliphatic rings. The number of carbonyl (C=O) groups excluding carboxylic acids is 1. The van der Waals surface area contributed by atoms with E-state index in [2.05, 4.69) is 20.3 Å². The average Bonchev–Trinajstić information content (AvgIpc) is 2.74. The van der Waals surface area contributed by atoms with E-state index in [4.69, 9.17) is 27.9 Å². The molecule has 1 aliphatic heterocycles. The van der Waals surface area contributed by atoms with Crippen molar-refractivity contribution >= 4 is 29.2 Å². The predicted octanol–water partition coefficient (Wildman–Crippen LogP) is 4.30. The third kappa shape index (κ3) is 7.81. The molecule has 31 heavy (non-hydrogen) atoms. The van der Waals surface area contributed by atoms with Crippen molar-refractivity contribution in [1.82, 2.24) is 15.5 Å². The van der Waals surface area contributed by atoms with E-state index >= 15 is 0 Å². The van der Waals surface area contributed by atoms with Gasteiger partial charge in [0.25, 0.3) is 0 Å². The van der Waals surface area contributed by atoms with Gasteiger partial charge in [-0.25, -0.2) is 4.79 Å². The third-order valence-electron chi connectivity index (χ3n) is 4.70. The molecule has 1 saturated heterocycles. The topological polar surface area (TPSA) is 62.8 Å². The van der Waals surface area contributed by atoms with Crippen LogP contribution in [0, 0.1) is 0 Å². The van der Waals surface area contributed by atoms with Gasteiger partial charge in [0.15, 0.2) is 0 Å². The largest absolute Gasteiger partial charge is 0.435 e. The van der Waals surface area contributed by atoms with Crippen LogP contribution in [-0.4, -0.2) is 49.9 Å². The summed E-state index contributed by atoms with van der Waals surface area (Å²) in [5, 5.41) is 6.58. The van der Waals surface area contributed by atoms with Crippen molar-refractivity contribution in [1.29, 1.82) is 0 Å². The van der Waals surface area contributed by atoms with Crippen molar-refractivity contribution in [2.24, 2.45) is 0 Å². The molecule has 1 fully saturated rings. The smallest absolute Gasteiger partial charge is 0.387 e. The molecule has 0 aromatic heterocycles. The van der Waals surface area contributed by atoms with Crippen molar-refractivity contribution in [3.05, 3.63) is 63.6 Å². The van der Waals surface area contributed by atoms with Crippen LogP contribution in [-0.2, 0) is 17.8 Å². The lowest BCUT2D eigenvalue weighted by atomic mass is 10.2. The van der Waals surface area contributed by atoms with Crippen LogP contribution in [0.4, 0.5) is 13.6 Å². The summed E-state index contributed by atoms with van der Waals surface area (Å²) in [6.07, 6.45) is -0.131. The van der Waals surface area contributed by atoms with E-state index < -0.39 is 6.61 Å². The van der Waals surface area contributed by atoms with Crippen molar-refractivity contribution in [3.63, 3.8) is 0 Å². The van der Waals surface area contributed by atoms with Gasteiger partial charge in [-0.05, 0) is 35.4 Å². The number of carbonyl (C=O) groups is 1. The van der Waals surface area contributed by atoms with E-state index in [-0.39, 0.29) is 24.4 Å². The Balaban J connectivity index is 1.38. The quantitative estimate of drug-likeness (QED) is 0.599. The molecule has 0 bridgehead atoms. The normalized spacial score (nSPS) is 16.9. The molecule has 3 rings (SSSR count). The number of alkyl halides is 2. The maximum atomic E-state index is 12.2. The minimum atomic E-state index is -2.86. The number of nitrogens with one attached hydrogen (secondary N) is 2. The van der Waals surface area contributed by atoms with Crippen molar-refractivity contribution in [3.8, 4) is 5.75 Å². The summed E-state index contributed by atoms with van der Waals surface area (Å²) in [4.78, 5) is 14.3. The van der Waals surface area contributed by atoms with Crippen LogP contribution in [0.25, 0.3) is 0 Å². The molecule has 0 saturated carbocycles. The lowest BCUT2D eigenvalue weighted by Crippen LogP contribution is -2.48. The molecule has 2 amide bonds. The zero-order chi connectivity index (χ0) is 22.2. The van der Waals surface area contributed by atoms with Gasteiger partial charge < -0.3 is 20.1 Å². The van der Waals surface area contributed by atoms with Gasteiger partial charge in [0.2, 0.25) is 0 Å². The molecule has 6 nitrogen and oxygen atoms in total. The van der Waals surface area contributed by atoms with Crippen LogP contribution in [0.1, 0.15) is 11.1 Å². The molecule has 1 unspecified atom stereocenters. The lowest BCUT2D eigenvalue weighted by molar-refractivity contribution is -0.0498. The summed E-state index contributed by atoms with van der Waals surface area (Å²) < 4.78 is 34.4. The SMILES string of the molecule is O=C(NCc1ccc(OC(F)F)cc1)NCC1CN(Cc2ccc(Cl)c(Cl)c2)CCO1. The van der Waals surface area contributed by atoms with Crippen molar-refractivity contribution < 1.29 is 23.0 Å². The highest BCUT2D eigenvalue weighted by atomic mass is 35.5. The summed E-state index contributed by atoms with van der Waals surface area (Å²) in [7, 11) is 0. The Labute approximate surface area is 189 Å². The van der Waals surface area contributed by atoms with E-state index in [0.717, 1.165) is 17.7 Å². The monoisotopic (exact) mass is 473 g/mol. The molecule has 2 N–H and O–H groups in total. The Morgan fingerprint density at radius 3 is 2.58 bits per heavy atom. The Morgan fingerprint density at radius 2 is 1.87 bits per heavy atom. The highest BCUT2D eigenvalue weighted by molar-refractivity contribution is 6.42. The summed E-state index contributed by atoms with van der Waals surface area (Å²) >= 11 is 12.0. The summed E-state index contributed by atoms with van der Waals surface area (Å²) in [6, 6.07) is 11.3. The van der Waals surface area contributed by atoms with Gasteiger partial charge in [-0.15, -0.1) is 0 Å². The summed E-state index contributed by atoms with van der Waals surface area (Å²) in [6.45, 7) is 0.508. The van der Waals surface area contributed by atoms with Crippen LogP contribution in [0.3, 0.4) is 0 Å². The molecule has 1 heterocycles. The number of benzene rings is 2. The second-order valence-corrected chi connectivity index (χ2v) is 7.88. The van der Waals surface area contributed by atoms with Crippen LogP contribution in [0.15, 0.2) is 42.5 Å². The Hall–Kier alpha value is -2.13. The minimum absolute atomic E-state index is 0.0723. The highest BCUT2D eigenvalue weighted by Gasteiger charge is 2.21. The first-order valence-corrected chi connectivity index (χ1v) is 10.5. The molecule has 168 valence electrons. The number of morpholine rings is 1. The molecule has 10 heteroatoms. The molecule has 1 atom stereocenters. The van der Waals surface area contributed by atoms with Gasteiger partial charge in [0, 0.05) is 32.7 Å². The van der Waals surface area contributed by atoms with E-state index in [1.165, 1.54) is 12.1 Å². The van der Waals surface area contributed by atoms with Crippen LogP contribution >= 0.6 is 23.2 Å². The van der Waals surface area contributed by atoms with E-state index in [1.807, 2.05) is 12.1 Å². The first-order chi connectivity index (χ1) is 14.9. The first kappa shape index (κ1) is 23.5. The zero-order valence-corrected chi connectivity index (χ0v) is 18.1. The van der Waals surface area contributed by atoms with Crippen LogP contribution in [0.2, 0.25) is 10.0 Å². The number of urea groups is 1. The number of amides is 2. The van der Waals surface area contributed by atoms with Gasteiger partial charge in [-0.1, -0.05) is 41.4 Å². The molecule has 0 radical (unpaired) electrons. The Kier molecular flexibility index (Phi) is 8.71. The first-order valence-electron chi connectivity index (χ1n) is 9.72. The van der Waals surface area contributed by atoms with Crippen molar-refractivity contribution in [2.45, 2.75) is 25.8 Å². The number of nitrogens with zero attached hydrogens (tertiary/aromatic N) is 1. The fourth-order valence-electron chi connectivity index (χ4n) is 3.18. The average molecular weight is 474 g/mol. The van der Waals surface area contributed by atoms with Gasteiger partial charge in [0.05, 0.1) is 22.8 Å². The maximum absolute atomic E-state index is 12.2. The lowest BCUT2D eigenvalue weighted by Gasteiger charge is -2.33. The number of ether oxygens (including phenoxy) is 2. The number of rotatable bonds is 8. The van der Waals surface area contributed by atoms with Crippen molar-refractivity contribution in [2.75, 3.05) is 26.2 Å². The van der Waals surface area contributed by atoms with E-state index in [0.29, 0.717) is 36.3 Å². The summed E-state index contributed by atoms with van der Waals surface area (Å²) in [5.41, 5.74) is 1.82. The minimum Gasteiger partial charge on any atom is -0.435 e. The van der Waals surface area contributed by atoms with E-state index in [9.17, 15) is 13.6 Å². The number of hydrogen-bond acceptors (Lipinski definition) is 4. The second-order valence-electron chi connectivity index (χ2n) is 7.06. The van der Waals surface area contributed by atoms with Gasteiger partial charge in [-0.3, -0.25) is 4.90 Å². The number of halogens is 4. The molecular formula is C21H23Cl2F2N3O3. The highest BCUT2D eigenvalue weighted by Crippen LogP contribution is 2.23. The fourth-order valence-corrected chi connectivity index (χ4v) is 3.50. The number of hydrogen-bond donors (Lipinski definition) is 2. The fraction of sp³-hybridized carbons (Fsp3) is 0.381. The van der Waals surface area contributed by atoms with E-state index in [1.54, 1.807) is 18.2 Å². The van der Waals surface area contributed by atoms with Gasteiger partial charge >= 0.3 is 12.6 Å². The zero-order valence-electron chi connectivity index (χ0n) is 16.6. The predicted molar refractivity (Wildman–Crippen MR) is 115 cm³/mol. The molecule has 0 spiro atoms. The molecule has 2 aromatic rings. The van der Waals surface area contributed by atoms with Gasteiger partial charge in [0.1, 0.15) is 5.75 Å².